The van der Waals surface area contributed by atoms with Gasteiger partial charge in [0, 0.05) is 43.4 Å². The van der Waals surface area contributed by atoms with E-state index in [-0.39, 0.29) is 0 Å². The van der Waals surface area contributed by atoms with E-state index in [0.717, 1.165) is 36.5 Å². The van der Waals surface area contributed by atoms with Gasteiger partial charge in [0.05, 0.1) is 0 Å². The third-order valence-corrected chi connectivity index (χ3v) is 2.70. The van der Waals surface area contributed by atoms with Gasteiger partial charge < -0.3 is 10.3 Å². The predicted molar refractivity (Wildman–Crippen MR) is 64.0 cm³/mol. The van der Waals surface area contributed by atoms with Crippen LogP contribution in [0.25, 0.3) is 0 Å². The monoisotopic (exact) mass is 216 g/mol. The maximum Gasteiger partial charge on any atom is 0.108 e. The second-order valence-electron chi connectivity index (χ2n) is 3.70. The fraction of sp³-hybridized carbons (Fsp3) is 0.333. The summed E-state index contributed by atoms with van der Waals surface area (Å²) in [5, 5.41) is 0. The molecule has 2 rings (SSSR count). The van der Waals surface area contributed by atoms with Crippen molar-refractivity contribution >= 4 is 5.69 Å². The second-order valence-corrected chi connectivity index (χ2v) is 3.70. The van der Waals surface area contributed by atoms with Crippen molar-refractivity contribution in [3.05, 3.63) is 42.2 Å². The molecule has 0 unspecified atom stereocenters. The fourth-order valence-electron chi connectivity index (χ4n) is 1.75. The van der Waals surface area contributed by atoms with Gasteiger partial charge in [-0.05, 0) is 25.0 Å². The smallest absolute Gasteiger partial charge is 0.108 e. The summed E-state index contributed by atoms with van der Waals surface area (Å²) in [6, 6.07) is 1.83. The highest BCUT2D eigenvalue weighted by Crippen LogP contribution is 2.12. The number of hydrogen-bond donors (Lipinski definition) is 1. The molecule has 0 radical (unpaired) electrons. The topological polar surface area (TPSA) is 56.7 Å². The Kier molecular flexibility index (Phi) is 3.19. The van der Waals surface area contributed by atoms with E-state index < -0.39 is 0 Å². The summed E-state index contributed by atoms with van der Waals surface area (Å²) in [5.74, 6) is 1.10. The summed E-state index contributed by atoms with van der Waals surface area (Å²) in [5.41, 5.74) is 7.76. The fourth-order valence-corrected chi connectivity index (χ4v) is 1.75. The Morgan fingerprint density at radius 3 is 2.94 bits per heavy atom. The van der Waals surface area contributed by atoms with Crippen molar-refractivity contribution in [2.75, 3.05) is 5.73 Å². The lowest BCUT2D eigenvalue weighted by Crippen LogP contribution is -2.04. The van der Waals surface area contributed by atoms with Crippen LogP contribution in [0.3, 0.4) is 0 Å². The van der Waals surface area contributed by atoms with Crippen LogP contribution in [-0.2, 0) is 19.4 Å². The van der Waals surface area contributed by atoms with Crippen LogP contribution in [0.1, 0.15) is 18.3 Å². The number of hydrogen-bond acceptors (Lipinski definition) is 3. The zero-order valence-corrected chi connectivity index (χ0v) is 9.43. The van der Waals surface area contributed by atoms with Crippen molar-refractivity contribution in [1.29, 1.82) is 0 Å². The molecule has 2 heterocycles. The average Bonchev–Trinajstić information content (AvgIpc) is 2.75. The van der Waals surface area contributed by atoms with Crippen LogP contribution in [0.2, 0.25) is 0 Å². The number of anilines is 1. The third kappa shape index (κ3) is 2.21. The van der Waals surface area contributed by atoms with Gasteiger partial charge in [-0.2, -0.15) is 0 Å². The van der Waals surface area contributed by atoms with Crippen LogP contribution in [0.5, 0.6) is 0 Å². The van der Waals surface area contributed by atoms with Crippen molar-refractivity contribution < 1.29 is 0 Å². The highest BCUT2D eigenvalue weighted by molar-refractivity contribution is 5.44. The van der Waals surface area contributed by atoms with Gasteiger partial charge in [0.1, 0.15) is 5.82 Å². The van der Waals surface area contributed by atoms with Gasteiger partial charge in [-0.25, -0.2) is 4.98 Å². The molecule has 0 bridgehead atoms. The maximum absolute atomic E-state index is 5.86. The molecule has 4 nitrogen and oxygen atoms in total. The molecule has 4 heteroatoms. The highest BCUT2D eigenvalue weighted by atomic mass is 15.0. The molecule has 0 spiro atoms. The predicted octanol–water partition coefficient (Wildman–Crippen LogP) is 1.67. The van der Waals surface area contributed by atoms with Crippen LogP contribution in [0.15, 0.2) is 30.9 Å². The van der Waals surface area contributed by atoms with E-state index in [1.54, 1.807) is 6.20 Å². The molecule has 2 aromatic rings. The molecule has 2 aromatic heterocycles. The summed E-state index contributed by atoms with van der Waals surface area (Å²) in [7, 11) is 0. The van der Waals surface area contributed by atoms with Gasteiger partial charge in [0.2, 0.25) is 0 Å². The Bertz CT molecular complexity index is 462. The molecule has 0 fully saturated rings. The normalized spacial score (nSPS) is 10.6. The van der Waals surface area contributed by atoms with Crippen LogP contribution in [0.4, 0.5) is 5.69 Å². The first-order valence-corrected chi connectivity index (χ1v) is 5.49. The number of aryl methyl sites for hydroxylation is 3. The van der Waals surface area contributed by atoms with E-state index in [1.807, 2.05) is 24.7 Å². The molecule has 0 saturated heterocycles. The van der Waals surface area contributed by atoms with E-state index in [4.69, 9.17) is 5.73 Å². The molecule has 0 saturated carbocycles. The van der Waals surface area contributed by atoms with Crippen LogP contribution in [0, 0.1) is 0 Å². The maximum atomic E-state index is 5.86. The van der Waals surface area contributed by atoms with Gasteiger partial charge in [-0.15, -0.1) is 0 Å². The molecule has 0 aliphatic rings. The van der Waals surface area contributed by atoms with Gasteiger partial charge in [0.25, 0.3) is 0 Å². The quantitative estimate of drug-likeness (QED) is 0.845. The van der Waals surface area contributed by atoms with E-state index in [1.165, 1.54) is 0 Å². The Labute approximate surface area is 95.1 Å². The molecular weight excluding hydrogens is 200 g/mol. The summed E-state index contributed by atoms with van der Waals surface area (Å²) in [4.78, 5) is 8.41. The minimum atomic E-state index is 0.810. The van der Waals surface area contributed by atoms with Crippen LogP contribution in [-0.4, -0.2) is 14.5 Å². The number of nitrogens with zero attached hydrogens (tertiary/aromatic N) is 3. The third-order valence-electron chi connectivity index (χ3n) is 2.70. The van der Waals surface area contributed by atoms with Crippen molar-refractivity contribution in [1.82, 2.24) is 14.5 Å². The number of imidazole rings is 1. The first kappa shape index (κ1) is 10.7. The second kappa shape index (κ2) is 4.79. The van der Waals surface area contributed by atoms with Crippen molar-refractivity contribution in [3.8, 4) is 0 Å². The van der Waals surface area contributed by atoms with Crippen molar-refractivity contribution in [2.45, 2.75) is 26.3 Å². The molecule has 0 aliphatic carbocycles. The highest BCUT2D eigenvalue weighted by Gasteiger charge is 2.03. The molecule has 0 aliphatic heterocycles. The molecule has 0 aromatic carbocycles. The van der Waals surface area contributed by atoms with Crippen LogP contribution >= 0.6 is 0 Å². The summed E-state index contributed by atoms with van der Waals surface area (Å²) in [6.07, 6.45) is 9.17. The molecule has 2 N–H and O–H groups in total. The van der Waals surface area contributed by atoms with E-state index in [9.17, 15) is 0 Å². The van der Waals surface area contributed by atoms with Gasteiger partial charge in [-0.3, -0.25) is 4.98 Å². The zero-order chi connectivity index (χ0) is 11.4. The lowest BCUT2D eigenvalue weighted by molar-refractivity contribution is 0.689. The minimum absolute atomic E-state index is 0.810. The van der Waals surface area contributed by atoms with Gasteiger partial charge in [-0.1, -0.05) is 0 Å². The molecule has 84 valence electrons. The molecular formula is C12H16N4. The standard InChI is InChI=1S/C12H16N4/c1-2-16-8-7-15-12(16)4-3-10-9-14-6-5-11(10)13/h5-9H,2-4H2,1H3,(H2,13,14). The Balaban J connectivity index is 2.05. The Morgan fingerprint density at radius 2 is 2.19 bits per heavy atom. The first-order chi connectivity index (χ1) is 7.81. The Morgan fingerprint density at radius 1 is 1.31 bits per heavy atom. The lowest BCUT2D eigenvalue weighted by atomic mass is 10.1. The largest absolute Gasteiger partial charge is 0.398 e. The van der Waals surface area contributed by atoms with Crippen LogP contribution < -0.4 is 5.73 Å². The number of pyridine rings is 1. The average molecular weight is 216 g/mol. The van der Waals surface area contributed by atoms with Gasteiger partial charge in [0.15, 0.2) is 0 Å². The van der Waals surface area contributed by atoms with Gasteiger partial charge >= 0.3 is 0 Å². The minimum Gasteiger partial charge on any atom is -0.398 e. The summed E-state index contributed by atoms with van der Waals surface area (Å²) in [6.45, 7) is 3.07. The Hall–Kier alpha value is -1.84. The van der Waals surface area contributed by atoms with E-state index in [2.05, 4.69) is 21.5 Å². The van der Waals surface area contributed by atoms with E-state index in [0.29, 0.717) is 0 Å². The lowest BCUT2D eigenvalue weighted by Gasteiger charge is -2.06. The van der Waals surface area contributed by atoms with E-state index >= 15 is 0 Å². The molecule has 0 atom stereocenters. The summed E-state index contributed by atoms with van der Waals surface area (Å²) < 4.78 is 2.15. The number of aromatic nitrogens is 3. The SMILES string of the molecule is CCn1ccnc1CCc1cnccc1N. The summed E-state index contributed by atoms with van der Waals surface area (Å²) >= 11 is 0. The van der Waals surface area contributed by atoms with Crippen molar-refractivity contribution in [3.63, 3.8) is 0 Å². The molecule has 0 amide bonds. The number of rotatable bonds is 4. The number of nitrogens with two attached hydrogens (primary N) is 1. The molecule has 16 heavy (non-hydrogen) atoms. The number of nitrogen functional groups attached to an aromatic ring is 1. The zero-order valence-electron chi connectivity index (χ0n) is 9.43. The van der Waals surface area contributed by atoms with Crippen molar-refractivity contribution in [2.24, 2.45) is 0 Å². The first-order valence-electron chi connectivity index (χ1n) is 5.49.